The van der Waals surface area contributed by atoms with Crippen LogP contribution in [0.15, 0.2) is 36.4 Å². The molecule has 17 heavy (non-hydrogen) atoms. The molecule has 88 valence electrons. The van der Waals surface area contributed by atoms with E-state index in [0.29, 0.717) is 6.04 Å². The maximum Gasteiger partial charge on any atom is 0.0374 e. The molecule has 2 heterocycles. The molecule has 0 radical (unpaired) electrons. The Labute approximate surface area is 106 Å². The third-order valence-corrected chi connectivity index (χ3v) is 4.69. The summed E-state index contributed by atoms with van der Waals surface area (Å²) in [6, 6.07) is 13.8. The van der Waals surface area contributed by atoms with Crippen molar-refractivity contribution in [2.75, 3.05) is 0 Å². The van der Waals surface area contributed by atoms with Crippen molar-refractivity contribution in [3.8, 4) is 0 Å². The summed E-state index contributed by atoms with van der Waals surface area (Å²) in [5.41, 5.74) is 2.95. The van der Waals surface area contributed by atoms with Gasteiger partial charge >= 0.3 is 0 Å². The molecule has 0 spiro atoms. The molecule has 0 amide bonds. The second-order valence-corrected chi connectivity index (χ2v) is 5.81. The Hall–Kier alpha value is -1.12. The highest BCUT2D eigenvalue weighted by Gasteiger charge is 2.21. The average Bonchev–Trinajstić information content (AvgIpc) is 2.97. The topological polar surface area (TPSA) is 12.0 Å². The molecule has 1 unspecified atom stereocenters. The summed E-state index contributed by atoms with van der Waals surface area (Å²) in [7, 11) is 0. The van der Waals surface area contributed by atoms with Crippen LogP contribution in [0.1, 0.15) is 33.8 Å². The smallest absolute Gasteiger partial charge is 0.0374 e. The number of aryl methyl sites for hydroxylation is 1. The lowest BCUT2D eigenvalue weighted by Gasteiger charge is -2.10. The van der Waals surface area contributed by atoms with E-state index in [9.17, 15) is 0 Å². The van der Waals surface area contributed by atoms with Gasteiger partial charge in [0.1, 0.15) is 0 Å². The summed E-state index contributed by atoms with van der Waals surface area (Å²) in [5, 5.41) is 3.60. The summed E-state index contributed by atoms with van der Waals surface area (Å²) in [4.78, 5) is 2.99. The van der Waals surface area contributed by atoms with Gasteiger partial charge in [-0.1, -0.05) is 31.2 Å². The van der Waals surface area contributed by atoms with Crippen molar-refractivity contribution in [2.24, 2.45) is 0 Å². The van der Waals surface area contributed by atoms with Gasteiger partial charge in [0.2, 0.25) is 0 Å². The Morgan fingerprint density at radius 3 is 2.82 bits per heavy atom. The van der Waals surface area contributed by atoms with Crippen molar-refractivity contribution in [3.63, 3.8) is 0 Å². The number of benzene rings is 1. The van der Waals surface area contributed by atoms with Gasteiger partial charge in [-0.05, 0) is 29.7 Å². The first kappa shape index (κ1) is 11.0. The summed E-state index contributed by atoms with van der Waals surface area (Å²) in [6.45, 7) is 3.24. The largest absolute Gasteiger partial charge is 0.306 e. The van der Waals surface area contributed by atoms with E-state index in [1.165, 1.54) is 20.9 Å². The van der Waals surface area contributed by atoms with Gasteiger partial charge in [0.05, 0.1) is 0 Å². The Morgan fingerprint density at radius 1 is 1.18 bits per heavy atom. The van der Waals surface area contributed by atoms with Crippen LogP contribution in [0.4, 0.5) is 0 Å². The van der Waals surface area contributed by atoms with Crippen LogP contribution in [0.2, 0.25) is 0 Å². The first-order valence-electron chi connectivity index (χ1n) is 6.25. The van der Waals surface area contributed by atoms with E-state index in [-0.39, 0.29) is 0 Å². The van der Waals surface area contributed by atoms with Crippen LogP contribution in [-0.4, -0.2) is 0 Å². The first-order valence-corrected chi connectivity index (χ1v) is 7.07. The number of hydrogen-bond donors (Lipinski definition) is 1. The molecule has 2 aromatic rings. The Bertz CT molecular complexity index is 515. The fourth-order valence-electron chi connectivity index (χ4n) is 2.48. The molecule has 1 nitrogen and oxygen atoms in total. The minimum atomic E-state index is 0.509. The lowest BCUT2D eigenvalue weighted by atomic mass is 10.0. The van der Waals surface area contributed by atoms with Crippen molar-refractivity contribution in [2.45, 2.75) is 32.4 Å². The molecular formula is C15H17NS. The highest BCUT2D eigenvalue weighted by atomic mass is 32.1. The highest BCUT2D eigenvalue weighted by Crippen LogP contribution is 2.30. The molecule has 1 aliphatic heterocycles. The second-order valence-electron chi connectivity index (χ2n) is 4.56. The maximum atomic E-state index is 3.60. The summed E-state index contributed by atoms with van der Waals surface area (Å²) < 4.78 is 0. The minimum absolute atomic E-state index is 0.509. The van der Waals surface area contributed by atoms with Crippen molar-refractivity contribution in [3.05, 3.63) is 57.3 Å². The third-order valence-electron chi connectivity index (χ3n) is 3.44. The van der Waals surface area contributed by atoms with Gasteiger partial charge in [-0.15, -0.1) is 11.3 Å². The van der Waals surface area contributed by atoms with Crippen molar-refractivity contribution < 1.29 is 0 Å². The molecule has 1 aromatic carbocycles. The minimum Gasteiger partial charge on any atom is -0.306 e. The highest BCUT2D eigenvalue weighted by molar-refractivity contribution is 7.11. The van der Waals surface area contributed by atoms with Gasteiger partial charge in [0.25, 0.3) is 0 Å². The molecule has 1 aliphatic rings. The Kier molecular flexibility index (Phi) is 3.00. The SMILES string of the molecule is CCc1ccc(CC2NCc3ccccc32)s1. The van der Waals surface area contributed by atoms with Crippen LogP contribution < -0.4 is 5.32 Å². The number of rotatable bonds is 3. The molecule has 0 saturated carbocycles. The van der Waals surface area contributed by atoms with Gasteiger partial charge < -0.3 is 5.32 Å². The fraction of sp³-hybridized carbons (Fsp3) is 0.333. The van der Waals surface area contributed by atoms with Crippen molar-refractivity contribution in [1.29, 1.82) is 0 Å². The number of hydrogen-bond acceptors (Lipinski definition) is 2. The van der Waals surface area contributed by atoms with Gasteiger partial charge in [-0.25, -0.2) is 0 Å². The number of thiophene rings is 1. The van der Waals surface area contributed by atoms with Gasteiger partial charge in [0.15, 0.2) is 0 Å². The summed E-state index contributed by atoms with van der Waals surface area (Å²) in [6.07, 6.45) is 2.28. The maximum absolute atomic E-state index is 3.60. The molecule has 1 atom stereocenters. The van der Waals surface area contributed by atoms with E-state index in [0.717, 1.165) is 19.4 Å². The second kappa shape index (κ2) is 4.63. The van der Waals surface area contributed by atoms with Crippen LogP contribution in [0, 0.1) is 0 Å². The van der Waals surface area contributed by atoms with Crippen LogP contribution >= 0.6 is 11.3 Å². The molecule has 1 aromatic heterocycles. The zero-order valence-corrected chi connectivity index (χ0v) is 10.9. The van der Waals surface area contributed by atoms with Crippen LogP contribution in [0.3, 0.4) is 0 Å². The van der Waals surface area contributed by atoms with Crippen LogP contribution in [-0.2, 0) is 19.4 Å². The van der Waals surface area contributed by atoms with Crippen LogP contribution in [0.25, 0.3) is 0 Å². The molecule has 0 saturated heterocycles. The third kappa shape index (κ3) is 2.15. The Balaban J connectivity index is 1.79. The van der Waals surface area contributed by atoms with Crippen molar-refractivity contribution >= 4 is 11.3 Å². The predicted molar refractivity (Wildman–Crippen MR) is 73.4 cm³/mol. The standard InChI is InChI=1S/C15H17NS/c1-2-12-7-8-13(17-12)9-15-14-6-4-3-5-11(14)10-16-15/h3-8,15-16H,2,9-10H2,1H3. The lowest BCUT2D eigenvalue weighted by molar-refractivity contribution is 0.585. The molecular weight excluding hydrogens is 226 g/mol. The quantitative estimate of drug-likeness (QED) is 0.866. The Morgan fingerprint density at radius 2 is 2.00 bits per heavy atom. The van der Waals surface area contributed by atoms with E-state index >= 15 is 0 Å². The zero-order valence-electron chi connectivity index (χ0n) is 10.1. The number of fused-ring (bicyclic) bond motifs is 1. The van der Waals surface area contributed by atoms with Crippen molar-refractivity contribution in [1.82, 2.24) is 5.32 Å². The molecule has 2 heteroatoms. The molecule has 0 aliphatic carbocycles. The van der Waals surface area contributed by atoms with Gasteiger partial charge in [-0.2, -0.15) is 0 Å². The summed E-state index contributed by atoms with van der Waals surface area (Å²) >= 11 is 1.95. The predicted octanol–water partition coefficient (Wildman–Crippen LogP) is 3.70. The van der Waals surface area contributed by atoms with Crippen LogP contribution in [0.5, 0.6) is 0 Å². The average molecular weight is 243 g/mol. The molecule has 0 bridgehead atoms. The monoisotopic (exact) mass is 243 g/mol. The fourth-order valence-corrected chi connectivity index (χ4v) is 3.49. The first-order chi connectivity index (χ1) is 8.36. The zero-order chi connectivity index (χ0) is 11.7. The van der Waals surface area contributed by atoms with E-state index in [1.807, 2.05) is 11.3 Å². The molecule has 1 N–H and O–H groups in total. The lowest BCUT2D eigenvalue weighted by Crippen LogP contribution is -2.13. The molecule has 0 fully saturated rings. The van der Waals surface area contributed by atoms with E-state index in [2.05, 4.69) is 48.6 Å². The van der Waals surface area contributed by atoms with E-state index in [4.69, 9.17) is 0 Å². The van der Waals surface area contributed by atoms with Gasteiger partial charge in [-0.3, -0.25) is 0 Å². The number of nitrogens with one attached hydrogen (secondary N) is 1. The normalized spacial score (nSPS) is 18.3. The summed E-state index contributed by atoms with van der Waals surface area (Å²) in [5.74, 6) is 0. The van der Waals surface area contributed by atoms with Gasteiger partial charge in [0, 0.05) is 28.8 Å². The van der Waals surface area contributed by atoms with E-state index < -0.39 is 0 Å². The molecule has 3 rings (SSSR count). The van der Waals surface area contributed by atoms with E-state index in [1.54, 1.807) is 0 Å².